The average Bonchev–Trinajstić information content (AvgIpc) is 3.53. The van der Waals surface area contributed by atoms with Crippen molar-refractivity contribution in [2.75, 3.05) is 39.4 Å². The van der Waals surface area contributed by atoms with Gasteiger partial charge in [-0.15, -0.1) is 0 Å². The largest absolute Gasteiger partial charge is 0.381 e. The molecule has 2 N–H and O–H groups in total. The Bertz CT molecular complexity index is 838. The SMILES string of the molecule is CCNC(=NCC1(N2CCCC2)CCOCC1)NC(C)c1cccc(-n2cccn2)c1. The molecule has 1 aromatic carbocycles. The monoisotopic (exact) mass is 424 g/mol. The van der Waals surface area contributed by atoms with Gasteiger partial charge in [-0.05, 0) is 76.4 Å². The summed E-state index contributed by atoms with van der Waals surface area (Å²) in [5, 5.41) is 11.4. The topological polar surface area (TPSA) is 66.7 Å². The fraction of sp³-hybridized carbons (Fsp3) is 0.583. The van der Waals surface area contributed by atoms with Gasteiger partial charge in [0, 0.05) is 37.7 Å². The summed E-state index contributed by atoms with van der Waals surface area (Å²) in [6.07, 6.45) is 8.50. The molecule has 0 radical (unpaired) electrons. The van der Waals surface area contributed by atoms with E-state index in [4.69, 9.17) is 9.73 Å². The van der Waals surface area contributed by atoms with Crippen LogP contribution in [0.4, 0.5) is 0 Å². The second-order valence-corrected chi connectivity index (χ2v) is 8.64. The molecule has 2 aliphatic heterocycles. The molecule has 3 heterocycles. The van der Waals surface area contributed by atoms with Crippen LogP contribution >= 0.6 is 0 Å². The quantitative estimate of drug-likeness (QED) is 0.528. The van der Waals surface area contributed by atoms with E-state index in [0.717, 1.165) is 50.8 Å². The summed E-state index contributed by atoms with van der Waals surface area (Å²) in [6.45, 7) is 10.0. The fourth-order valence-corrected chi connectivity index (χ4v) is 4.71. The molecule has 31 heavy (non-hydrogen) atoms. The summed E-state index contributed by atoms with van der Waals surface area (Å²) in [4.78, 5) is 7.74. The molecule has 0 amide bonds. The van der Waals surface area contributed by atoms with Crippen molar-refractivity contribution in [3.63, 3.8) is 0 Å². The zero-order chi connectivity index (χ0) is 21.5. The van der Waals surface area contributed by atoms with Crippen LogP contribution in [0.5, 0.6) is 0 Å². The molecule has 1 aromatic heterocycles. The molecule has 0 saturated carbocycles. The fourth-order valence-electron chi connectivity index (χ4n) is 4.71. The van der Waals surface area contributed by atoms with Crippen LogP contribution in [-0.2, 0) is 4.74 Å². The molecule has 168 valence electrons. The number of aliphatic imine (C=N–C) groups is 1. The van der Waals surface area contributed by atoms with E-state index in [1.807, 2.05) is 16.9 Å². The van der Waals surface area contributed by atoms with Crippen LogP contribution < -0.4 is 10.6 Å². The van der Waals surface area contributed by atoms with Crippen molar-refractivity contribution >= 4 is 5.96 Å². The minimum absolute atomic E-state index is 0.130. The Morgan fingerprint density at radius 1 is 1.23 bits per heavy atom. The number of guanidine groups is 1. The van der Waals surface area contributed by atoms with Crippen LogP contribution in [0.3, 0.4) is 0 Å². The number of likely N-dealkylation sites (tertiary alicyclic amines) is 1. The highest BCUT2D eigenvalue weighted by atomic mass is 16.5. The molecule has 2 aromatic rings. The summed E-state index contributed by atoms with van der Waals surface area (Å²) < 4.78 is 7.58. The Morgan fingerprint density at radius 2 is 2.03 bits per heavy atom. The summed E-state index contributed by atoms with van der Waals surface area (Å²) in [6, 6.07) is 10.6. The highest BCUT2D eigenvalue weighted by molar-refractivity contribution is 5.80. The van der Waals surface area contributed by atoms with Gasteiger partial charge in [0.05, 0.1) is 18.3 Å². The lowest BCUT2D eigenvalue weighted by Gasteiger charge is -2.43. The smallest absolute Gasteiger partial charge is 0.191 e. The van der Waals surface area contributed by atoms with Gasteiger partial charge in [-0.2, -0.15) is 5.10 Å². The Labute approximate surface area is 185 Å². The van der Waals surface area contributed by atoms with E-state index in [1.54, 1.807) is 6.20 Å². The third-order valence-corrected chi connectivity index (χ3v) is 6.57. The van der Waals surface area contributed by atoms with Crippen molar-refractivity contribution in [3.05, 3.63) is 48.3 Å². The summed E-state index contributed by atoms with van der Waals surface area (Å²) in [7, 11) is 0. The summed E-state index contributed by atoms with van der Waals surface area (Å²) in [5.74, 6) is 0.879. The number of nitrogens with zero attached hydrogens (tertiary/aromatic N) is 4. The van der Waals surface area contributed by atoms with Gasteiger partial charge in [-0.3, -0.25) is 9.89 Å². The average molecular weight is 425 g/mol. The highest BCUT2D eigenvalue weighted by Crippen LogP contribution is 2.31. The maximum absolute atomic E-state index is 5.69. The van der Waals surface area contributed by atoms with E-state index >= 15 is 0 Å². The Hall–Kier alpha value is -2.38. The van der Waals surface area contributed by atoms with Crippen LogP contribution in [-0.4, -0.2) is 65.6 Å². The predicted molar refractivity (Wildman–Crippen MR) is 125 cm³/mol. The zero-order valence-corrected chi connectivity index (χ0v) is 18.9. The number of hydrogen-bond donors (Lipinski definition) is 2. The molecule has 2 fully saturated rings. The van der Waals surface area contributed by atoms with Crippen molar-refractivity contribution < 1.29 is 4.74 Å². The lowest BCUT2D eigenvalue weighted by atomic mass is 9.88. The van der Waals surface area contributed by atoms with Crippen LogP contribution in [0.15, 0.2) is 47.7 Å². The number of rotatable bonds is 7. The van der Waals surface area contributed by atoms with Crippen LogP contribution in [0.25, 0.3) is 5.69 Å². The molecule has 1 unspecified atom stereocenters. The third-order valence-electron chi connectivity index (χ3n) is 6.57. The van der Waals surface area contributed by atoms with Crippen LogP contribution in [0.1, 0.15) is 51.1 Å². The van der Waals surface area contributed by atoms with Gasteiger partial charge in [0.1, 0.15) is 0 Å². The van der Waals surface area contributed by atoms with Gasteiger partial charge >= 0.3 is 0 Å². The highest BCUT2D eigenvalue weighted by Gasteiger charge is 2.39. The van der Waals surface area contributed by atoms with Gasteiger partial charge in [0.25, 0.3) is 0 Å². The second-order valence-electron chi connectivity index (χ2n) is 8.64. The van der Waals surface area contributed by atoms with Gasteiger partial charge in [0.2, 0.25) is 0 Å². The maximum Gasteiger partial charge on any atom is 0.191 e. The first kappa shape index (κ1) is 21.8. The van der Waals surface area contributed by atoms with Gasteiger partial charge < -0.3 is 15.4 Å². The molecule has 1 atom stereocenters. The standard InChI is InChI=1S/C24H36N6O/c1-3-25-23(26-19-24(10-16-31-17-11-24)29-13-4-5-14-29)28-20(2)21-8-6-9-22(18-21)30-15-7-12-27-30/h6-9,12,15,18,20H,3-5,10-11,13-14,16-17,19H2,1-2H3,(H2,25,26,28). The van der Waals surface area contributed by atoms with E-state index in [2.05, 4.69) is 58.7 Å². The maximum atomic E-state index is 5.69. The van der Waals surface area contributed by atoms with E-state index < -0.39 is 0 Å². The molecule has 0 spiro atoms. The Kier molecular flexibility index (Phi) is 7.25. The molecule has 4 rings (SSSR count). The van der Waals surface area contributed by atoms with Crippen molar-refractivity contribution in [1.29, 1.82) is 0 Å². The van der Waals surface area contributed by atoms with Crippen LogP contribution in [0, 0.1) is 0 Å². The van der Waals surface area contributed by atoms with E-state index in [-0.39, 0.29) is 11.6 Å². The zero-order valence-electron chi connectivity index (χ0n) is 18.9. The third kappa shape index (κ3) is 5.28. The molecular weight excluding hydrogens is 388 g/mol. The van der Waals surface area contributed by atoms with Crippen molar-refractivity contribution in [1.82, 2.24) is 25.3 Å². The number of hydrogen-bond acceptors (Lipinski definition) is 4. The first-order valence-corrected chi connectivity index (χ1v) is 11.7. The Balaban J connectivity index is 1.48. The normalized spacial score (nSPS) is 20.5. The second kappa shape index (κ2) is 10.3. The van der Waals surface area contributed by atoms with E-state index in [1.165, 1.54) is 31.5 Å². The predicted octanol–water partition coefficient (Wildman–Crippen LogP) is 3.13. The lowest BCUT2D eigenvalue weighted by Crippen LogP contribution is -2.54. The van der Waals surface area contributed by atoms with Gasteiger partial charge in [-0.25, -0.2) is 4.68 Å². The number of benzene rings is 1. The molecule has 2 aliphatic rings. The van der Waals surface area contributed by atoms with Crippen molar-refractivity contribution in [2.24, 2.45) is 4.99 Å². The van der Waals surface area contributed by atoms with Crippen molar-refractivity contribution in [2.45, 2.75) is 51.1 Å². The molecule has 7 nitrogen and oxygen atoms in total. The lowest BCUT2D eigenvalue weighted by molar-refractivity contribution is -0.0139. The van der Waals surface area contributed by atoms with E-state index in [0.29, 0.717) is 0 Å². The first-order chi connectivity index (χ1) is 15.2. The number of aromatic nitrogens is 2. The molecule has 2 saturated heterocycles. The minimum atomic E-state index is 0.130. The van der Waals surface area contributed by atoms with Gasteiger partial charge in [-0.1, -0.05) is 12.1 Å². The van der Waals surface area contributed by atoms with E-state index in [9.17, 15) is 0 Å². The molecule has 0 aliphatic carbocycles. The van der Waals surface area contributed by atoms with Crippen LogP contribution in [0.2, 0.25) is 0 Å². The number of ether oxygens (including phenoxy) is 1. The minimum Gasteiger partial charge on any atom is -0.381 e. The summed E-state index contributed by atoms with van der Waals surface area (Å²) >= 11 is 0. The Morgan fingerprint density at radius 3 is 2.74 bits per heavy atom. The van der Waals surface area contributed by atoms with Crippen molar-refractivity contribution in [3.8, 4) is 5.69 Å². The molecule has 0 bridgehead atoms. The number of nitrogens with one attached hydrogen (secondary N) is 2. The summed E-state index contributed by atoms with van der Waals surface area (Å²) in [5.41, 5.74) is 2.41. The van der Waals surface area contributed by atoms with Gasteiger partial charge in [0.15, 0.2) is 5.96 Å². The molecular formula is C24H36N6O. The molecule has 7 heteroatoms. The first-order valence-electron chi connectivity index (χ1n) is 11.7.